The fourth-order valence-corrected chi connectivity index (χ4v) is 4.95. The third-order valence-corrected chi connectivity index (χ3v) is 7.00. The van der Waals surface area contributed by atoms with Gasteiger partial charge in [0.05, 0.1) is 25.8 Å². The van der Waals surface area contributed by atoms with E-state index in [4.69, 9.17) is 21.1 Å². The summed E-state index contributed by atoms with van der Waals surface area (Å²) in [5.41, 5.74) is 0.503. The number of nitrogens with zero attached hydrogens (tertiary/aromatic N) is 2. The molecule has 1 aliphatic rings. The van der Waals surface area contributed by atoms with Gasteiger partial charge in [-0.05, 0) is 50.0 Å². The highest BCUT2D eigenvalue weighted by molar-refractivity contribution is 7.89. The quantitative estimate of drug-likeness (QED) is 0.499. The predicted octanol–water partition coefficient (Wildman–Crippen LogP) is 5.31. The summed E-state index contributed by atoms with van der Waals surface area (Å²) < 4.78 is 67.0. The van der Waals surface area contributed by atoms with Crippen molar-refractivity contribution in [3.05, 3.63) is 64.4 Å². The van der Waals surface area contributed by atoms with Crippen LogP contribution < -0.4 is 9.47 Å². The molecule has 3 rings (SSSR count). The normalized spacial score (nSPS) is 16.0. The first-order valence-corrected chi connectivity index (χ1v) is 11.7. The van der Waals surface area contributed by atoms with Gasteiger partial charge in [-0.1, -0.05) is 11.6 Å². The maximum absolute atomic E-state index is 14.6. The molecule has 0 amide bonds. The smallest absolute Gasteiger partial charge is 0.268 e. The van der Waals surface area contributed by atoms with Gasteiger partial charge in [-0.15, -0.1) is 0 Å². The monoisotopic (exact) mass is 484 g/mol. The van der Waals surface area contributed by atoms with Gasteiger partial charge in [-0.25, -0.2) is 26.5 Å². The van der Waals surface area contributed by atoms with Crippen LogP contribution in [-0.4, -0.2) is 33.2 Å². The van der Waals surface area contributed by atoms with Crippen molar-refractivity contribution in [3.8, 4) is 11.5 Å². The van der Waals surface area contributed by atoms with Gasteiger partial charge in [0.2, 0.25) is 0 Å². The van der Waals surface area contributed by atoms with E-state index in [9.17, 15) is 17.2 Å². The van der Waals surface area contributed by atoms with E-state index >= 15 is 0 Å². The van der Waals surface area contributed by atoms with Crippen molar-refractivity contribution in [3.63, 3.8) is 0 Å². The van der Waals surface area contributed by atoms with E-state index in [-0.39, 0.29) is 12.4 Å². The number of halogens is 3. The Morgan fingerprint density at radius 1 is 1.06 bits per heavy atom. The molecule has 0 bridgehead atoms. The van der Waals surface area contributed by atoms with Crippen LogP contribution in [0.15, 0.2) is 52.1 Å². The Hall–Kier alpha value is -2.65. The van der Waals surface area contributed by atoms with Gasteiger partial charge in [0.1, 0.15) is 33.8 Å². The molecule has 0 saturated heterocycles. The van der Waals surface area contributed by atoms with Crippen LogP contribution in [0.1, 0.15) is 31.2 Å². The molecule has 172 valence electrons. The van der Waals surface area contributed by atoms with Crippen molar-refractivity contribution in [2.45, 2.75) is 37.1 Å². The van der Waals surface area contributed by atoms with Gasteiger partial charge < -0.3 is 9.47 Å². The Morgan fingerprint density at radius 3 is 2.53 bits per heavy atom. The molecular formula is C22H23ClF2N2O4S. The van der Waals surface area contributed by atoms with Crippen LogP contribution in [0.2, 0.25) is 5.02 Å². The second-order valence-corrected chi connectivity index (χ2v) is 9.28. The topological polar surface area (TPSA) is 68.2 Å². The number of methoxy groups -OCH3 is 2. The zero-order chi connectivity index (χ0) is 23.3. The number of allylic oxidation sites excluding steroid dienone is 1. The SMILES string of the molecule is COc1ccc(CN(/C2=C/CCCCC=N2)S(=O)(=O)c2cc(Cl)c(F)cc2F)c(OC)c1. The van der Waals surface area contributed by atoms with Crippen LogP contribution in [0.5, 0.6) is 11.5 Å². The molecule has 1 heterocycles. The van der Waals surface area contributed by atoms with E-state index in [1.807, 2.05) is 0 Å². The Labute approximate surface area is 191 Å². The molecule has 1 aliphatic heterocycles. The minimum Gasteiger partial charge on any atom is -0.497 e. The second kappa shape index (κ2) is 10.3. The highest BCUT2D eigenvalue weighted by Gasteiger charge is 2.31. The first kappa shape index (κ1) is 24.0. The van der Waals surface area contributed by atoms with Gasteiger partial charge in [0, 0.05) is 23.9 Å². The number of rotatable bonds is 7. The summed E-state index contributed by atoms with van der Waals surface area (Å²) in [6.45, 7) is -0.201. The van der Waals surface area contributed by atoms with E-state index in [1.54, 1.807) is 30.5 Å². The molecular weight excluding hydrogens is 462 g/mol. The highest BCUT2D eigenvalue weighted by atomic mass is 35.5. The van der Waals surface area contributed by atoms with Crippen molar-refractivity contribution in [1.82, 2.24) is 4.31 Å². The Kier molecular flexibility index (Phi) is 7.73. The van der Waals surface area contributed by atoms with Gasteiger partial charge >= 0.3 is 0 Å². The zero-order valence-electron chi connectivity index (χ0n) is 17.6. The van der Waals surface area contributed by atoms with Crippen molar-refractivity contribution in [2.75, 3.05) is 14.2 Å². The molecule has 10 heteroatoms. The fourth-order valence-electron chi connectivity index (χ4n) is 3.24. The number of sulfonamides is 1. The van der Waals surface area contributed by atoms with E-state index in [0.29, 0.717) is 36.0 Å². The fraction of sp³-hybridized carbons (Fsp3) is 0.318. The zero-order valence-corrected chi connectivity index (χ0v) is 19.2. The van der Waals surface area contributed by atoms with Crippen molar-refractivity contribution in [2.24, 2.45) is 4.99 Å². The Morgan fingerprint density at radius 2 is 1.81 bits per heavy atom. The van der Waals surface area contributed by atoms with Crippen LogP contribution >= 0.6 is 11.6 Å². The van der Waals surface area contributed by atoms with Crippen LogP contribution in [0.3, 0.4) is 0 Å². The third kappa shape index (κ3) is 5.21. The highest BCUT2D eigenvalue weighted by Crippen LogP contribution is 2.33. The number of ether oxygens (including phenoxy) is 2. The maximum Gasteiger partial charge on any atom is 0.268 e. The summed E-state index contributed by atoms with van der Waals surface area (Å²) in [7, 11) is -1.55. The van der Waals surface area contributed by atoms with Crippen LogP contribution in [-0.2, 0) is 16.6 Å². The van der Waals surface area contributed by atoms with E-state index in [2.05, 4.69) is 4.99 Å². The Balaban J connectivity index is 2.14. The third-order valence-electron chi connectivity index (χ3n) is 4.94. The predicted molar refractivity (Wildman–Crippen MR) is 119 cm³/mol. The summed E-state index contributed by atoms with van der Waals surface area (Å²) >= 11 is 5.77. The number of hydrogen-bond donors (Lipinski definition) is 0. The molecule has 0 radical (unpaired) electrons. The van der Waals surface area contributed by atoms with E-state index in [1.165, 1.54) is 14.2 Å². The van der Waals surface area contributed by atoms with Gasteiger partial charge in [-0.2, -0.15) is 0 Å². The minimum absolute atomic E-state index is 0.141. The molecule has 2 aromatic carbocycles. The van der Waals surface area contributed by atoms with Gasteiger partial charge in [-0.3, -0.25) is 0 Å². The van der Waals surface area contributed by atoms with Gasteiger partial charge in [0.15, 0.2) is 0 Å². The largest absolute Gasteiger partial charge is 0.497 e. The van der Waals surface area contributed by atoms with E-state index < -0.39 is 31.6 Å². The standard InChI is InChI=1S/C22H23ClF2N2O4S/c1-30-16-9-8-15(20(11-16)31-2)14-27(22-7-5-3-4-6-10-26-22)32(28,29)21-12-17(23)18(24)13-19(21)25/h7-13H,3-6,14H2,1-2H3/b22-7+,26-10?. The average molecular weight is 485 g/mol. The lowest BCUT2D eigenvalue weighted by molar-refractivity contribution is 0.384. The van der Waals surface area contributed by atoms with Crippen LogP contribution in [0, 0.1) is 11.6 Å². The van der Waals surface area contributed by atoms with Crippen molar-refractivity contribution < 1.29 is 26.7 Å². The second-order valence-electron chi connectivity index (χ2n) is 7.04. The molecule has 6 nitrogen and oxygen atoms in total. The number of benzene rings is 2. The molecule has 0 saturated carbocycles. The summed E-state index contributed by atoms with van der Waals surface area (Å²) in [6.07, 6.45) is 6.39. The molecule has 32 heavy (non-hydrogen) atoms. The average Bonchev–Trinajstić information content (AvgIpc) is 2.74. The number of aliphatic imine (C=N–C) groups is 1. The summed E-state index contributed by atoms with van der Waals surface area (Å²) in [5, 5.41) is -0.498. The summed E-state index contributed by atoms with van der Waals surface area (Å²) in [5.74, 6) is -1.23. The summed E-state index contributed by atoms with van der Waals surface area (Å²) in [6, 6.07) is 6.16. The molecule has 0 atom stereocenters. The number of hydrogen-bond acceptors (Lipinski definition) is 5. The molecule has 0 N–H and O–H groups in total. The maximum atomic E-state index is 14.6. The lowest BCUT2D eigenvalue weighted by Crippen LogP contribution is -2.31. The van der Waals surface area contributed by atoms with Crippen molar-refractivity contribution in [1.29, 1.82) is 0 Å². The lowest BCUT2D eigenvalue weighted by Gasteiger charge is -2.26. The minimum atomic E-state index is -4.50. The molecule has 0 aliphatic carbocycles. The molecule has 0 fully saturated rings. The first-order valence-electron chi connectivity index (χ1n) is 9.88. The lowest BCUT2D eigenvalue weighted by atomic mass is 10.1. The van der Waals surface area contributed by atoms with Crippen molar-refractivity contribution >= 4 is 27.8 Å². The Bertz CT molecular complexity index is 1150. The first-order chi connectivity index (χ1) is 15.3. The molecule has 2 aromatic rings. The van der Waals surface area contributed by atoms with E-state index in [0.717, 1.165) is 23.2 Å². The summed E-state index contributed by atoms with van der Waals surface area (Å²) in [4.78, 5) is 3.58. The molecule has 0 aromatic heterocycles. The van der Waals surface area contributed by atoms with Crippen LogP contribution in [0.25, 0.3) is 0 Å². The van der Waals surface area contributed by atoms with Crippen LogP contribution in [0.4, 0.5) is 8.78 Å². The van der Waals surface area contributed by atoms with Gasteiger partial charge in [0.25, 0.3) is 10.0 Å². The molecule has 0 spiro atoms. The molecule has 0 unspecified atom stereocenters.